The predicted octanol–water partition coefficient (Wildman–Crippen LogP) is 1.32. The van der Waals surface area contributed by atoms with Crippen molar-refractivity contribution in [3.05, 3.63) is 24.3 Å². The quantitative estimate of drug-likeness (QED) is 0.288. The van der Waals surface area contributed by atoms with Crippen LogP contribution in [0, 0.1) is 0 Å². The lowest BCUT2D eigenvalue weighted by molar-refractivity contribution is -0.104. The van der Waals surface area contributed by atoms with E-state index in [-0.39, 0.29) is 0 Å². The molecule has 0 fully saturated rings. The molecule has 0 heterocycles. The van der Waals surface area contributed by atoms with Crippen molar-refractivity contribution in [1.29, 1.82) is 0 Å². The highest BCUT2D eigenvalue weighted by Crippen LogP contribution is 1.85. The molecule has 0 aliphatic heterocycles. The highest BCUT2D eigenvalue weighted by Gasteiger charge is 1.77. The fraction of sp³-hybridized carbons (Fsp3) is 0.167. The molecule has 0 amide bonds. The highest BCUT2D eigenvalue weighted by atomic mass is 16.1. The summed E-state index contributed by atoms with van der Waals surface area (Å²) in [6.45, 7) is 5.20. The second-order valence-electron chi connectivity index (χ2n) is 1.11. The molecule has 0 aromatic heterocycles. The van der Waals surface area contributed by atoms with Crippen molar-refractivity contribution in [2.75, 3.05) is 0 Å². The molecule has 0 saturated heterocycles. The lowest BCUT2D eigenvalue weighted by Gasteiger charge is -1.77. The van der Waals surface area contributed by atoms with Gasteiger partial charge in [-0.15, -0.1) is 0 Å². The minimum Gasteiger partial charge on any atom is -0.298 e. The third kappa shape index (κ3) is 1.93. The molecule has 1 nitrogen and oxygen atoms in total. The van der Waals surface area contributed by atoms with Gasteiger partial charge in [0.1, 0.15) is 6.29 Å². The van der Waals surface area contributed by atoms with Crippen molar-refractivity contribution in [2.45, 2.75) is 6.92 Å². The van der Waals surface area contributed by atoms with Gasteiger partial charge in [0.05, 0.1) is 0 Å². The Kier molecular flexibility index (Phi) is 2.94. The van der Waals surface area contributed by atoms with Crippen molar-refractivity contribution in [2.24, 2.45) is 0 Å². The molecular formula is C6H8O. The summed E-state index contributed by atoms with van der Waals surface area (Å²) in [6, 6.07) is 0. The Bertz CT molecular complexity index is 90.7. The van der Waals surface area contributed by atoms with Crippen molar-refractivity contribution < 1.29 is 4.79 Å². The number of carbonyl (C=O) groups excluding carboxylic acids is 1. The van der Waals surface area contributed by atoms with Gasteiger partial charge in [0.25, 0.3) is 0 Å². The maximum absolute atomic E-state index is 9.83. The third-order valence-corrected chi connectivity index (χ3v) is 0.705. The monoisotopic (exact) mass is 96.1 g/mol. The van der Waals surface area contributed by atoms with Crippen molar-refractivity contribution in [1.82, 2.24) is 0 Å². The zero-order valence-electron chi connectivity index (χ0n) is 4.35. The topological polar surface area (TPSA) is 17.1 Å². The zero-order chi connectivity index (χ0) is 5.70. The van der Waals surface area contributed by atoms with E-state index >= 15 is 0 Å². The molecule has 0 rings (SSSR count). The summed E-state index contributed by atoms with van der Waals surface area (Å²) in [5.41, 5.74) is 0.639. The molecule has 0 aliphatic rings. The summed E-state index contributed by atoms with van der Waals surface area (Å²) in [6.07, 6.45) is 4.00. The Balaban J connectivity index is 3.85. The van der Waals surface area contributed by atoms with Gasteiger partial charge in [-0.2, -0.15) is 0 Å². The molecule has 1 heteroatoms. The summed E-state index contributed by atoms with van der Waals surface area (Å²) >= 11 is 0. The SMILES string of the molecule is C=CC(C=O)=CC. The van der Waals surface area contributed by atoms with Gasteiger partial charge in [-0.25, -0.2) is 0 Å². The van der Waals surface area contributed by atoms with Crippen molar-refractivity contribution in [3.8, 4) is 0 Å². The van der Waals surface area contributed by atoms with Gasteiger partial charge in [0, 0.05) is 5.57 Å². The first-order valence-electron chi connectivity index (χ1n) is 2.09. The average molecular weight is 96.1 g/mol. The number of hydrogen-bond acceptors (Lipinski definition) is 1. The Labute approximate surface area is 43.3 Å². The van der Waals surface area contributed by atoms with Crippen LogP contribution in [0.1, 0.15) is 6.92 Å². The molecule has 0 N–H and O–H groups in total. The van der Waals surface area contributed by atoms with Crippen molar-refractivity contribution in [3.63, 3.8) is 0 Å². The first-order chi connectivity index (χ1) is 3.35. The third-order valence-electron chi connectivity index (χ3n) is 0.705. The van der Waals surface area contributed by atoms with Crippen LogP contribution in [0.2, 0.25) is 0 Å². The van der Waals surface area contributed by atoms with Gasteiger partial charge in [0.2, 0.25) is 0 Å². The summed E-state index contributed by atoms with van der Waals surface area (Å²) in [5, 5.41) is 0. The van der Waals surface area contributed by atoms with E-state index in [1.54, 1.807) is 13.0 Å². The van der Waals surface area contributed by atoms with Gasteiger partial charge in [-0.3, -0.25) is 4.79 Å². The Morgan fingerprint density at radius 2 is 2.29 bits per heavy atom. The van der Waals surface area contributed by atoms with E-state index in [1.165, 1.54) is 6.08 Å². The zero-order valence-corrected chi connectivity index (χ0v) is 4.35. The first kappa shape index (κ1) is 6.15. The van der Waals surface area contributed by atoms with Crippen molar-refractivity contribution >= 4 is 6.29 Å². The molecule has 0 aromatic rings. The molecular weight excluding hydrogens is 88.1 g/mol. The normalized spacial score (nSPS) is 10.7. The molecule has 7 heavy (non-hydrogen) atoms. The number of allylic oxidation sites excluding steroid dienone is 3. The molecule has 0 atom stereocenters. The average Bonchev–Trinajstić information content (AvgIpc) is 1.72. The first-order valence-corrected chi connectivity index (χ1v) is 2.09. The number of rotatable bonds is 2. The van der Waals surface area contributed by atoms with Crippen LogP contribution in [0.15, 0.2) is 24.3 Å². The van der Waals surface area contributed by atoms with Gasteiger partial charge < -0.3 is 0 Å². The maximum atomic E-state index is 9.83. The van der Waals surface area contributed by atoms with Gasteiger partial charge in [-0.05, 0) is 6.92 Å². The summed E-state index contributed by atoms with van der Waals surface area (Å²) in [7, 11) is 0. The second kappa shape index (κ2) is 3.34. The Morgan fingerprint density at radius 3 is 2.29 bits per heavy atom. The second-order valence-corrected chi connectivity index (χ2v) is 1.11. The molecule has 0 radical (unpaired) electrons. The molecule has 0 bridgehead atoms. The van der Waals surface area contributed by atoms with E-state index in [0.717, 1.165) is 6.29 Å². The smallest absolute Gasteiger partial charge is 0.149 e. The number of carbonyl (C=O) groups is 1. The lowest BCUT2D eigenvalue weighted by Crippen LogP contribution is -1.72. The molecule has 38 valence electrons. The molecule has 0 spiro atoms. The molecule has 0 aromatic carbocycles. The maximum Gasteiger partial charge on any atom is 0.149 e. The summed E-state index contributed by atoms with van der Waals surface area (Å²) in [4.78, 5) is 9.83. The molecule has 0 saturated carbocycles. The fourth-order valence-electron chi connectivity index (χ4n) is 0.234. The molecule has 0 unspecified atom stereocenters. The minimum atomic E-state index is 0.639. The fourth-order valence-corrected chi connectivity index (χ4v) is 0.234. The van der Waals surface area contributed by atoms with Crippen LogP contribution in [0.5, 0.6) is 0 Å². The highest BCUT2D eigenvalue weighted by molar-refractivity contribution is 5.76. The van der Waals surface area contributed by atoms with Gasteiger partial charge >= 0.3 is 0 Å². The van der Waals surface area contributed by atoms with Gasteiger partial charge in [0.15, 0.2) is 0 Å². The minimum absolute atomic E-state index is 0.639. The lowest BCUT2D eigenvalue weighted by atomic mass is 10.3. The number of hydrogen-bond donors (Lipinski definition) is 0. The van der Waals surface area contributed by atoms with Crippen LogP contribution in [-0.4, -0.2) is 6.29 Å². The van der Waals surface area contributed by atoms with Crippen LogP contribution in [0.4, 0.5) is 0 Å². The molecule has 0 aliphatic carbocycles. The van der Waals surface area contributed by atoms with E-state index < -0.39 is 0 Å². The Morgan fingerprint density at radius 1 is 1.71 bits per heavy atom. The van der Waals surface area contributed by atoms with Crippen LogP contribution < -0.4 is 0 Å². The predicted molar refractivity (Wildman–Crippen MR) is 30.0 cm³/mol. The Hall–Kier alpha value is -0.850. The van der Waals surface area contributed by atoms with E-state index in [9.17, 15) is 4.79 Å². The standard InChI is InChI=1S/C6H8O/c1-3-6(4-2)5-7/h3-5H,1H2,2H3. The largest absolute Gasteiger partial charge is 0.298 e. The van der Waals surface area contributed by atoms with Gasteiger partial charge in [-0.1, -0.05) is 18.7 Å². The number of aldehydes is 1. The van der Waals surface area contributed by atoms with E-state index in [2.05, 4.69) is 6.58 Å². The summed E-state index contributed by atoms with van der Waals surface area (Å²) in [5.74, 6) is 0. The van der Waals surface area contributed by atoms with E-state index in [1.807, 2.05) is 0 Å². The van der Waals surface area contributed by atoms with Crippen LogP contribution >= 0.6 is 0 Å². The van der Waals surface area contributed by atoms with Crippen LogP contribution in [-0.2, 0) is 4.79 Å². The van der Waals surface area contributed by atoms with Crippen LogP contribution in [0.25, 0.3) is 0 Å². The van der Waals surface area contributed by atoms with E-state index in [0.29, 0.717) is 5.57 Å². The van der Waals surface area contributed by atoms with Crippen LogP contribution in [0.3, 0.4) is 0 Å². The summed E-state index contributed by atoms with van der Waals surface area (Å²) < 4.78 is 0. The van der Waals surface area contributed by atoms with E-state index in [4.69, 9.17) is 0 Å².